The summed E-state index contributed by atoms with van der Waals surface area (Å²) in [6.45, 7) is 3.08. The first-order valence-corrected chi connectivity index (χ1v) is 13.8. The first-order valence-electron chi connectivity index (χ1n) is 11.6. The van der Waals surface area contributed by atoms with E-state index >= 15 is 0 Å². The van der Waals surface area contributed by atoms with Crippen molar-refractivity contribution in [2.75, 3.05) is 24.4 Å². The van der Waals surface area contributed by atoms with Gasteiger partial charge in [-0.3, -0.25) is 13.9 Å². The van der Waals surface area contributed by atoms with Crippen LogP contribution in [0.4, 0.5) is 5.69 Å². The lowest BCUT2D eigenvalue weighted by Gasteiger charge is -2.32. The zero-order valence-corrected chi connectivity index (χ0v) is 23.1. The van der Waals surface area contributed by atoms with E-state index in [1.807, 2.05) is 37.3 Å². The van der Waals surface area contributed by atoms with Crippen molar-refractivity contribution in [1.82, 2.24) is 10.2 Å². The van der Waals surface area contributed by atoms with Crippen LogP contribution in [0.2, 0.25) is 10.0 Å². The molecule has 0 heterocycles. The fraction of sp³-hybridized carbons (Fsp3) is 0.259. The molecule has 1 N–H and O–H groups in total. The van der Waals surface area contributed by atoms with E-state index in [9.17, 15) is 18.0 Å². The summed E-state index contributed by atoms with van der Waals surface area (Å²) in [6.07, 6.45) is 0.483. The number of nitrogens with zero attached hydrogens (tertiary/aromatic N) is 2. The SMILES string of the molecule is CNC(=O)C(C)N(CCc1ccccc1)C(=O)CN(c1cccc(Cl)c1Cl)S(=O)(=O)c1ccc(C)cc1. The Hall–Kier alpha value is -3.07. The topological polar surface area (TPSA) is 86.8 Å². The fourth-order valence-corrected chi connectivity index (χ4v) is 5.69. The highest BCUT2D eigenvalue weighted by Crippen LogP contribution is 2.35. The molecule has 0 saturated carbocycles. The third-order valence-corrected chi connectivity index (χ3v) is 8.57. The summed E-state index contributed by atoms with van der Waals surface area (Å²) in [6, 6.07) is 19.6. The number of hydrogen-bond acceptors (Lipinski definition) is 4. The van der Waals surface area contributed by atoms with Crippen LogP contribution in [0.3, 0.4) is 0 Å². The van der Waals surface area contributed by atoms with Gasteiger partial charge in [-0.2, -0.15) is 0 Å². The number of hydrogen-bond donors (Lipinski definition) is 1. The van der Waals surface area contributed by atoms with E-state index in [4.69, 9.17) is 23.2 Å². The monoisotopic (exact) mass is 561 g/mol. The smallest absolute Gasteiger partial charge is 0.264 e. The lowest BCUT2D eigenvalue weighted by molar-refractivity contribution is -0.138. The van der Waals surface area contributed by atoms with Crippen LogP contribution in [-0.2, 0) is 26.0 Å². The molecule has 0 aliphatic rings. The molecule has 2 amide bonds. The Labute approximate surface area is 228 Å². The van der Waals surface area contributed by atoms with Gasteiger partial charge in [-0.25, -0.2) is 8.42 Å². The van der Waals surface area contributed by atoms with Crippen LogP contribution in [0.5, 0.6) is 0 Å². The Morgan fingerprint density at radius 3 is 2.22 bits per heavy atom. The summed E-state index contributed by atoms with van der Waals surface area (Å²) in [5.74, 6) is -0.922. The van der Waals surface area contributed by atoms with Crippen LogP contribution >= 0.6 is 23.2 Å². The number of carbonyl (C=O) groups is 2. The molecule has 0 aromatic heterocycles. The summed E-state index contributed by atoms with van der Waals surface area (Å²) in [5, 5.41) is 2.71. The van der Waals surface area contributed by atoms with Gasteiger partial charge in [0.15, 0.2) is 0 Å². The van der Waals surface area contributed by atoms with Crippen LogP contribution in [0, 0.1) is 6.92 Å². The maximum Gasteiger partial charge on any atom is 0.264 e. The molecule has 0 spiro atoms. The maximum absolute atomic E-state index is 13.8. The average molecular weight is 563 g/mol. The maximum atomic E-state index is 13.8. The second kappa shape index (κ2) is 12.4. The quantitative estimate of drug-likeness (QED) is 0.388. The number of amides is 2. The van der Waals surface area contributed by atoms with E-state index in [1.54, 1.807) is 25.1 Å². The van der Waals surface area contributed by atoms with Gasteiger partial charge in [0.2, 0.25) is 11.8 Å². The molecule has 3 aromatic carbocycles. The number of anilines is 1. The third kappa shape index (κ3) is 6.83. The van der Waals surface area contributed by atoms with Crippen molar-refractivity contribution in [1.29, 1.82) is 0 Å². The number of likely N-dealkylation sites (N-methyl/N-ethyl adjacent to an activating group) is 1. The molecule has 196 valence electrons. The normalized spacial score (nSPS) is 12.0. The lowest BCUT2D eigenvalue weighted by Crippen LogP contribution is -2.51. The minimum absolute atomic E-state index is 0.00263. The highest BCUT2D eigenvalue weighted by Gasteiger charge is 2.33. The van der Waals surface area contributed by atoms with Crippen LogP contribution in [0.1, 0.15) is 18.1 Å². The Morgan fingerprint density at radius 1 is 0.946 bits per heavy atom. The van der Waals surface area contributed by atoms with Gasteiger partial charge >= 0.3 is 0 Å². The predicted molar refractivity (Wildman–Crippen MR) is 148 cm³/mol. The van der Waals surface area contributed by atoms with Gasteiger partial charge in [0.25, 0.3) is 10.0 Å². The highest BCUT2D eigenvalue weighted by atomic mass is 35.5. The second-order valence-electron chi connectivity index (χ2n) is 8.51. The molecule has 3 aromatic rings. The molecular formula is C27H29Cl2N3O4S. The third-order valence-electron chi connectivity index (χ3n) is 5.99. The summed E-state index contributed by atoms with van der Waals surface area (Å²) in [5.41, 5.74) is 1.93. The van der Waals surface area contributed by atoms with Crippen molar-refractivity contribution >= 4 is 50.7 Å². The largest absolute Gasteiger partial charge is 0.357 e. The molecule has 0 radical (unpaired) electrons. The number of carbonyl (C=O) groups excluding carboxylic acids is 2. The lowest BCUT2D eigenvalue weighted by atomic mass is 10.1. The van der Waals surface area contributed by atoms with Crippen molar-refractivity contribution in [3.63, 3.8) is 0 Å². The van der Waals surface area contributed by atoms with Gasteiger partial charge in [-0.1, -0.05) is 77.3 Å². The van der Waals surface area contributed by atoms with Crippen molar-refractivity contribution < 1.29 is 18.0 Å². The van der Waals surface area contributed by atoms with Crippen molar-refractivity contribution in [3.05, 3.63) is 94.0 Å². The molecule has 37 heavy (non-hydrogen) atoms. The Bertz CT molecular complexity index is 1350. The summed E-state index contributed by atoms with van der Waals surface area (Å²) < 4.78 is 28.5. The van der Waals surface area contributed by atoms with Gasteiger partial charge < -0.3 is 10.2 Å². The average Bonchev–Trinajstić information content (AvgIpc) is 2.89. The van der Waals surface area contributed by atoms with Crippen LogP contribution < -0.4 is 9.62 Å². The van der Waals surface area contributed by atoms with E-state index < -0.39 is 28.5 Å². The van der Waals surface area contributed by atoms with Gasteiger partial charge in [-0.05, 0) is 50.1 Å². The van der Waals surface area contributed by atoms with E-state index in [1.165, 1.54) is 36.2 Å². The number of nitrogens with one attached hydrogen (secondary N) is 1. The zero-order chi connectivity index (χ0) is 27.2. The zero-order valence-electron chi connectivity index (χ0n) is 20.8. The minimum Gasteiger partial charge on any atom is -0.357 e. The van der Waals surface area contributed by atoms with Gasteiger partial charge in [-0.15, -0.1) is 0 Å². The molecule has 0 saturated heterocycles. The number of halogens is 2. The van der Waals surface area contributed by atoms with Crippen molar-refractivity contribution in [3.8, 4) is 0 Å². The van der Waals surface area contributed by atoms with E-state index in [0.717, 1.165) is 15.4 Å². The molecule has 1 unspecified atom stereocenters. The Kier molecular flexibility index (Phi) is 9.59. The van der Waals surface area contributed by atoms with E-state index in [2.05, 4.69) is 5.32 Å². The molecule has 1 atom stereocenters. The van der Waals surface area contributed by atoms with Crippen LogP contribution in [0.15, 0.2) is 77.7 Å². The summed E-state index contributed by atoms with van der Waals surface area (Å²) in [4.78, 5) is 27.6. The molecule has 10 heteroatoms. The Balaban J connectivity index is 2.02. The standard InChI is InChI=1S/C27H29Cl2N3O4S/c1-19-12-14-22(15-13-19)37(35,36)32(24-11-7-10-23(28)26(24)29)18-25(33)31(20(2)27(34)30-3)17-16-21-8-5-4-6-9-21/h4-15,20H,16-18H2,1-3H3,(H,30,34). The molecule has 0 aliphatic carbocycles. The molecule has 3 rings (SSSR count). The number of aryl methyl sites for hydroxylation is 1. The summed E-state index contributed by atoms with van der Waals surface area (Å²) >= 11 is 12.6. The highest BCUT2D eigenvalue weighted by molar-refractivity contribution is 7.92. The molecule has 7 nitrogen and oxygen atoms in total. The first-order chi connectivity index (χ1) is 17.6. The molecule has 0 aliphatic heterocycles. The molecule has 0 bridgehead atoms. The van der Waals surface area contributed by atoms with Gasteiger partial charge in [0.05, 0.1) is 20.6 Å². The molecule has 0 fully saturated rings. The summed E-state index contributed by atoms with van der Waals surface area (Å²) in [7, 11) is -2.73. The first kappa shape index (κ1) is 28.5. The van der Waals surface area contributed by atoms with E-state index in [0.29, 0.717) is 6.42 Å². The molecular weight excluding hydrogens is 533 g/mol. The van der Waals surface area contributed by atoms with E-state index in [-0.39, 0.29) is 33.1 Å². The minimum atomic E-state index is -4.22. The van der Waals surface area contributed by atoms with Crippen molar-refractivity contribution in [2.45, 2.75) is 31.2 Å². The van der Waals surface area contributed by atoms with Crippen LogP contribution in [-0.4, -0.2) is 51.3 Å². The van der Waals surface area contributed by atoms with Gasteiger partial charge in [0.1, 0.15) is 12.6 Å². The predicted octanol–water partition coefficient (Wildman–Crippen LogP) is 4.70. The fourth-order valence-electron chi connectivity index (χ4n) is 3.81. The van der Waals surface area contributed by atoms with Gasteiger partial charge in [0, 0.05) is 13.6 Å². The van der Waals surface area contributed by atoms with Crippen molar-refractivity contribution in [2.24, 2.45) is 0 Å². The Morgan fingerprint density at radius 2 is 1.59 bits per heavy atom. The second-order valence-corrected chi connectivity index (χ2v) is 11.2. The number of rotatable bonds is 10. The number of benzene rings is 3. The van der Waals surface area contributed by atoms with Crippen LogP contribution in [0.25, 0.3) is 0 Å². The number of sulfonamides is 1.